The van der Waals surface area contributed by atoms with Gasteiger partial charge in [-0.05, 0) is 73.9 Å². The van der Waals surface area contributed by atoms with E-state index in [9.17, 15) is 4.79 Å². The van der Waals surface area contributed by atoms with Crippen LogP contribution in [0.1, 0.15) is 41.3 Å². The van der Waals surface area contributed by atoms with E-state index in [-0.39, 0.29) is 11.0 Å². The monoisotopic (exact) mass is 477 g/mol. The van der Waals surface area contributed by atoms with E-state index < -0.39 is 0 Å². The smallest absolute Gasteiger partial charge is 0.257 e. The van der Waals surface area contributed by atoms with Crippen LogP contribution in [0.4, 0.5) is 5.69 Å². The van der Waals surface area contributed by atoms with Crippen LogP contribution >= 0.6 is 23.8 Å². The number of benzene rings is 3. The van der Waals surface area contributed by atoms with Crippen LogP contribution in [-0.4, -0.2) is 26.0 Å². The molecule has 0 atom stereocenters. The van der Waals surface area contributed by atoms with Gasteiger partial charge in [-0.15, -0.1) is 10.2 Å². The molecule has 1 heterocycles. The molecule has 1 aromatic heterocycles. The Kier molecular flexibility index (Phi) is 7.01. The summed E-state index contributed by atoms with van der Waals surface area (Å²) in [4.78, 5) is 14.0. The molecule has 0 saturated carbocycles. The topological polar surface area (TPSA) is 71.8 Å². The number of hydrogen-bond donors (Lipinski definition) is 2. The Hall–Kier alpha value is -3.29. The second kappa shape index (κ2) is 10.1. The van der Waals surface area contributed by atoms with Crippen molar-refractivity contribution in [1.29, 1.82) is 0 Å². The summed E-state index contributed by atoms with van der Waals surface area (Å²) in [5, 5.41) is 15.4. The lowest BCUT2D eigenvalue weighted by atomic mass is 10.1. The van der Waals surface area contributed by atoms with Crippen LogP contribution in [0.3, 0.4) is 0 Å². The predicted octanol–water partition coefficient (Wildman–Crippen LogP) is 5.85. The number of nitrogens with one attached hydrogen (secondary N) is 2. The molecule has 1 amide bonds. The van der Waals surface area contributed by atoms with E-state index >= 15 is 0 Å². The number of anilines is 1. The fraction of sp³-hybridized carbons (Fsp3) is 0.200. The number of hydrogen-bond acceptors (Lipinski definition) is 4. The van der Waals surface area contributed by atoms with Gasteiger partial charge in [0, 0.05) is 5.56 Å². The van der Waals surface area contributed by atoms with Crippen molar-refractivity contribution in [3.05, 3.63) is 82.4 Å². The first kappa shape index (κ1) is 22.9. The summed E-state index contributed by atoms with van der Waals surface area (Å²) >= 11 is 11.7. The Balaban J connectivity index is 1.49. The minimum absolute atomic E-state index is 0.151. The Morgan fingerprint density at radius 3 is 2.48 bits per heavy atom. The molecule has 168 valence electrons. The van der Waals surface area contributed by atoms with Crippen molar-refractivity contribution in [2.45, 2.75) is 33.1 Å². The maximum Gasteiger partial charge on any atom is 0.257 e. The quantitative estimate of drug-likeness (QED) is 0.341. The maximum atomic E-state index is 12.4. The van der Waals surface area contributed by atoms with Crippen molar-refractivity contribution >= 4 is 51.6 Å². The first-order valence-electron chi connectivity index (χ1n) is 10.8. The van der Waals surface area contributed by atoms with Crippen molar-refractivity contribution < 1.29 is 4.79 Å². The van der Waals surface area contributed by atoms with E-state index in [0.29, 0.717) is 27.3 Å². The van der Waals surface area contributed by atoms with Crippen molar-refractivity contribution in [2.75, 3.05) is 5.32 Å². The standard InChI is InChI=1S/C25H24ClN5OS/c1-3-4-7-17-9-11-19(12-10-17)31-29-22-14-20(26)21(15-23(22)30-31)27-25(33)28-24(32)18-8-5-6-16(2)13-18/h5-6,8-15H,3-4,7H2,1-2H3,(H2,27,28,32,33). The van der Waals surface area contributed by atoms with Gasteiger partial charge in [0.25, 0.3) is 5.91 Å². The van der Waals surface area contributed by atoms with Gasteiger partial charge in [0.2, 0.25) is 0 Å². The van der Waals surface area contributed by atoms with Gasteiger partial charge in [0.15, 0.2) is 5.11 Å². The van der Waals surface area contributed by atoms with Crippen LogP contribution in [0.25, 0.3) is 16.7 Å². The average molecular weight is 478 g/mol. The fourth-order valence-corrected chi connectivity index (χ4v) is 3.85. The zero-order valence-corrected chi connectivity index (χ0v) is 20.0. The van der Waals surface area contributed by atoms with Crippen LogP contribution in [0.5, 0.6) is 0 Å². The number of carbonyl (C=O) groups is 1. The van der Waals surface area contributed by atoms with Crippen molar-refractivity contribution in [1.82, 2.24) is 20.3 Å². The Labute approximate surface area is 203 Å². The Morgan fingerprint density at radius 2 is 1.79 bits per heavy atom. The van der Waals surface area contributed by atoms with Gasteiger partial charge < -0.3 is 5.32 Å². The summed E-state index contributed by atoms with van der Waals surface area (Å²) in [6.07, 6.45) is 3.41. The highest BCUT2D eigenvalue weighted by molar-refractivity contribution is 7.80. The number of nitrogens with zero attached hydrogens (tertiary/aromatic N) is 3. The lowest BCUT2D eigenvalue weighted by Crippen LogP contribution is -2.34. The molecule has 0 aliphatic heterocycles. The number of unbranched alkanes of at least 4 members (excludes halogenated alkanes) is 1. The molecule has 4 rings (SSSR count). The maximum absolute atomic E-state index is 12.4. The van der Waals surface area contributed by atoms with Gasteiger partial charge in [-0.25, -0.2) is 0 Å². The molecule has 8 heteroatoms. The first-order chi connectivity index (χ1) is 15.9. The SMILES string of the molecule is CCCCc1ccc(-n2nc3cc(Cl)c(NC(=S)NC(=O)c4cccc(C)c4)cc3n2)cc1. The van der Waals surface area contributed by atoms with Gasteiger partial charge in [-0.2, -0.15) is 4.80 Å². The van der Waals surface area contributed by atoms with Crippen molar-refractivity contribution in [2.24, 2.45) is 0 Å². The molecule has 0 bridgehead atoms. The van der Waals surface area contributed by atoms with Crippen LogP contribution in [-0.2, 0) is 6.42 Å². The molecule has 3 aromatic carbocycles. The van der Waals surface area contributed by atoms with Gasteiger partial charge in [-0.3, -0.25) is 10.1 Å². The number of rotatable bonds is 6. The van der Waals surface area contributed by atoms with E-state index in [4.69, 9.17) is 23.8 Å². The molecular weight excluding hydrogens is 454 g/mol. The number of fused-ring (bicyclic) bond motifs is 1. The van der Waals surface area contributed by atoms with Crippen molar-refractivity contribution in [3.8, 4) is 5.69 Å². The largest absolute Gasteiger partial charge is 0.331 e. The zero-order chi connectivity index (χ0) is 23.4. The first-order valence-corrected chi connectivity index (χ1v) is 11.6. The highest BCUT2D eigenvalue weighted by atomic mass is 35.5. The molecule has 0 aliphatic rings. The Morgan fingerprint density at radius 1 is 1.06 bits per heavy atom. The minimum atomic E-state index is -0.290. The Bertz CT molecular complexity index is 1320. The van der Waals surface area contributed by atoms with E-state index in [1.807, 2.05) is 31.2 Å². The molecule has 0 saturated heterocycles. The van der Waals surface area contributed by atoms with Crippen molar-refractivity contribution in [3.63, 3.8) is 0 Å². The van der Waals surface area contributed by atoms with Gasteiger partial charge in [-0.1, -0.05) is 54.8 Å². The van der Waals surface area contributed by atoms with Gasteiger partial charge >= 0.3 is 0 Å². The van der Waals surface area contributed by atoms with Crippen LogP contribution < -0.4 is 10.6 Å². The lowest BCUT2D eigenvalue weighted by molar-refractivity contribution is 0.0977. The summed E-state index contributed by atoms with van der Waals surface area (Å²) in [6.45, 7) is 4.11. The van der Waals surface area contributed by atoms with Gasteiger partial charge in [0.1, 0.15) is 11.0 Å². The van der Waals surface area contributed by atoms with Gasteiger partial charge in [0.05, 0.1) is 16.4 Å². The highest BCUT2D eigenvalue weighted by Gasteiger charge is 2.13. The second-order valence-electron chi connectivity index (χ2n) is 7.86. The molecule has 33 heavy (non-hydrogen) atoms. The van der Waals surface area contributed by atoms with Crippen LogP contribution in [0, 0.1) is 6.92 Å². The lowest BCUT2D eigenvalue weighted by Gasteiger charge is -2.11. The average Bonchev–Trinajstić information content (AvgIpc) is 3.20. The zero-order valence-electron chi connectivity index (χ0n) is 18.4. The second-order valence-corrected chi connectivity index (χ2v) is 8.67. The number of halogens is 1. The van der Waals surface area contributed by atoms with E-state index in [2.05, 4.69) is 39.9 Å². The summed E-state index contributed by atoms with van der Waals surface area (Å²) < 4.78 is 0. The van der Waals surface area contributed by atoms with E-state index in [1.54, 1.807) is 29.1 Å². The summed E-state index contributed by atoms with van der Waals surface area (Å²) in [5.74, 6) is -0.290. The van der Waals surface area contributed by atoms with E-state index in [1.165, 1.54) is 18.4 Å². The molecule has 2 N–H and O–H groups in total. The number of amides is 1. The summed E-state index contributed by atoms with van der Waals surface area (Å²) in [6, 6.07) is 19.0. The molecule has 0 aliphatic carbocycles. The summed E-state index contributed by atoms with van der Waals surface area (Å²) in [7, 11) is 0. The molecule has 0 radical (unpaired) electrons. The predicted molar refractivity (Wildman–Crippen MR) is 137 cm³/mol. The molecule has 0 spiro atoms. The number of thiocarbonyl (C=S) groups is 1. The molecule has 4 aromatic rings. The third-order valence-electron chi connectivity index (χ3n) is 5.21. The highest BCUT2D eigenvalue weighted by Crippen LogP contribution is 2.27. The molecular formula is C25H24ClN5OS. The van der Waals surface area contributed by atoms with Crippen LogP contribution in [0.15, 0.2) is 60.7 Å². The number of aromatic nitrogens is 3. The third kappa shape index (κ3) is 5.56. The number of aryl methyl sites for hydroxylation is 2. The molecule has 0 fully saturated rings. The van der Waals surface area contributed by atoms with Crippen LogP contribution in [0.2, 0.25) is 5.02 Å². The third-order valence-corrected chi connectivity index (χ3v) is 5.73. The fourth-order valence-electron chi connectivity index (χ4n) is 3.44. The number of carbonyl (C=O) groups excluding carboxylic acids is 1. The molecule has 0 unspecified atom stereocenters. The van der Waals surface area contributed by atoms with E-state index in [0.717, 1.165) is 17.7 Å². The molecule has 6 nitrogen and oxygen atoms in total. The normalized spacial score (nSPS) is 10.9. The summed E-state index contributed by atoms with van der Waals surface area (Å²) in [5.41, 5.74) is 5.56. The minimum Gasteiger partial charge on any atom is -0.331 e.